The van der Waals surface area contributed by atoms with Crippen LogP contribution in [0, 0.1) is 17.0 Å². The molecular formula is C13H16N4O2S. The summed E-state index contributed by atoms with van der Waals surface area (Å²) in [6.07, 6.45) is 0.916. The van der Waals surface area contributed by atoms with Crippen LogP contribution in [0.5, 0.6) is 0 Å². The van der Waals surface area contributed by atoms with Crippen LogP contribution in [0.25, 0.3) is 10.6 Å². The molecule has 0 fully saturated rings. The van der Waals surface area contributed by atoms with Crippen molar-refractivity contribution in [2.75, 3.05) is 7.05 Å². The van der Waals surface area contributed by atoms with Gasteiger partial charge < -0.3 is 5.32 Å². The van der Waals surface area contributed by atoms with E-state index in [1.165, 1.54) is 17.4 Å². The van der Waals surface area contributed by atoms with Crippen molar-refractivity contribution in [1.82, 2.24) is 15.5 Å². The van der Waals surface area contributed by atoms with Crippen molar-refractivity contribution >= 4 is 17.0 Å². The summed E-state index contributed by atoms with van der Waals surface area (Å²) in [7, 11) is 1.88. The molecule has 1 aromatic carbocycles. The van der Waals surface area contributed by atoms with Gasteiger partial charge in [0, 0.05) is 17.2 Å². The van der Waals surface area contributed by atoms with Gasteiger partial charge in [0.1, 0.15) is 10.0 Å². The van der Waals surface area contributed by atoms with Gasteiger partial charge in [-0.3, -0.25) is 10.1 Å². The van der Waals surface area contributed by atoms with Crippen molar-refractivity contribution in [2.24, 2.45) is 0 Å². The summed E-state index contributed by atoms with van der Waals surface area (Å²) in [6, 6.07) is 5.19. The molecule has 2 rings (SSSR count). The molecule has 0 aliphatic rings. The van der Waals surface area contributed by atoms with Crippen molar-refractivity contribution < 1.29 is 4.92 Å². The van der Waals surface area contributed by atoms with Crippen LogP contribution in [0.1, 0.15) is 30.0 Å². The maximum Gasteiger partial charge on any atom is 0.273 e. The Morgan fingerprint density at radius 1 is 1.45 bits per heavy atom. The SMILES string of the molecule is CCC(NC)c1nnc(-c2cccc([N+](=O)[O-])c2C)s1. The van der Waals surface area contributed by atoms with Crippen molar-refractivity contribution in [3.05, 3.63) is 38.9 Å². The van der Waals surface area contributed by atoms with E-state index in [0.717, 1.165) is 22.0 Å². The summed E-state index contributed by atoms with van der Waals surface area (Å²) in [5, 5.41) is 24.1. The van der Waals surface area contributed by atoms with E-state index in [2.05, 4.69) is 22.4 Å². The summed E-state index contributed by atoms with van der Waals surface area (Å²) in [4.78, 5) is 10.6. The standard InChI is InChI=1S/C13H16N4O2S/c1-4-10(14-3)13-16-15-12(20-13)9-6-5-7-11(8(9)2)17(18)19/h5-7,10,14H,4H2,1-3H3. The normalized spacial score (nSPS) is 12.3. The lowest BCUT2D eigenvalue weighted by Gasteiger charge is -2.08. The van der Waals surface area contributed by atoms with Gasteiger partial charge in [-0.25, -0.2) is 0 Å². The van der Waals surface area contributed by atoms with Crippen LogP contribution in [0.4, 0.5) is 5.69 Å². The van der Waals surface area contributed by atoms with Gasteiger partial charge in [-0.1, -0.05) is 30.4 Å². The third-order valence-corrected chi connectivity index (χ3v) is 4.30. The maximum atomic E-state index is 11.0. The zero-order chi connectivity index (χ0) is 14.7. The largest absolute Gasteiger partial charge is 0.311 e. The first-order chi connectivity index (χ1) is 9.58. The summed E-state index contributed by atoms with van der Waals surface area (Å²) < 4.78 is 0. The molecule has 1 heterocycles. The minimum atomic E-state index is -0.372. The molecule has 0 aliphatic heterocycles. The van der Waals surface area contributed by atoms with Gasteiger partial charge in [0.15, 0.2) is 0 Å². The Balaban J connectivity index is 2.43. The Kier molecular flexibility index (Phi) is 4.41. The van der Waals surface area contributed by atoms with E-state index in [-0.39, 0.29) is 16.7 Å². The molecule has 0 amide bonds. The van der Waals surface area contributed by atoms with Crippen LogP contribution in [0.3, 0.4) is 0 Å². The van der Waals surface area contributed by atoms with Crippen LogP contribution in [-0.4, -0.2) is 22.2 Å². The molecule has 0 saturated heterocycles. The van der Waals surface area contributed by atoms with E-state index >= 15 is 0 Å². The minimum Gasteiger partial charge on any atom is -0.311 e. The molecule has 0 bridgehead atoms. The Morgan fingerprint density at radius 3 is 2.80 bits per heavy atom. The average Bonchev–Trinajstić information content (AvgIpc) is 2.89. The third-order valence-electron chi connectivity index (χ3n) is 3.23. The smallest absolute Gasteiger partial charge is 0.273 e. The number of nitrogens with one attached hydrogen (secondary N) is 1. The number of aromatic nitrogens is 2. The predicted octanol–water partition coefficient (Wildman–Crippen LogP) is 3.09. The molecule has 7 heteroatoms. The highest BCUT2D eigenvalue weighted by Crippen LogP contribution is 2.33. The lowest BCUT2D eigenvalue weighted by molar-refractivity contribution is -0.385. The van der Waals surface area contributed by atoms with Crippen LogP contribution >= 0.6 is 11.3 Å². The molecule has 106 valence electrons. The fourth-order valence-corrected chi connectivity index (χ4v) is 3.16. The maximum absolute atomic E-state index is 11.0. The number of nitro benzene ring substituents is 1. The average molecular weight is 292 g/mol. The van der Waals surface area contributed by atoms with E-state index in [1.807, 2.05) is 13.1 Å². The van der Waals surface area contributed by atoms with E-state index in [9.17, 15) is 10.1 Å². The second-order valence-corrected chi connectivity index (χ2v) is 5.41. The third kappa shape index (κ3) is 2.68. The lowest BCUT2D eigenvalue weighted by Crippen LogP contribution is -2.14. The van der Waals surface area contributed by atoms with E-state index < -0.39 is 0 Å². The molecular weight excluding hydrogens is 276 g/mol. The molecule has 0 aliphatic carbocycles. The number of benzene rings is 1. The first kappa shape index (κ1) is 14.5. The van der Waals surface area contributed by atoms with Gasteiger partial charge in [-0.2, -0.15) is 0 Å². The molecule has 1 aromatic heterocycles. The fraction of sp³-hybridized carbons (Fsp3) is 0.385. The highest BCUT2D eigenvalue weighted by molar-refractivity contribution is 7.14. The van der Waals surface area contributed by atoms with Crippen LogP contribution in [-0.2, 0) is 0 Å². The number of nitro groups is 1. The highest BCUT2D eigenvalue weighted by Gasteiger charge is 2.19. The van der Waals surface area contributed by atoms with Crippen LogP contribution in [0.15, 0.2) is 18.2 Å². The van der Waals surface area contributed by atoms with Crippen molar-refractivity contribution in [2.45, 2.75) is 26.3 Å². The summed E-state index contributed by atoms with van der Waals surface area (Å²) in [5.41, 5.74) is 1.51. The second kappa shape index (κ2) is 6.06. The van der Waals surface area contributed by atoms with Crippen LogP contribution < -0.4 is 5.32 Å². The Hall–Kier alpha value is -1.86. The fourth-order valence-electron chi connectivity index (χ4n) is 2.04. The quantitative estimate of drug-likeness (QED) is 0.676. The highest BCUT2D eigenvalue weighted by atomic mass is 32.1. The number of nitrogens with zero attached hydrogens (tertiary/aromatic N) is 3. The van der Waals surface area contributed by atoms with Gasteiger partial charge in [-0.15, -0.1) is 10.2 Å². The number of hydrogen-bond donors (Lipinski definition) is 1. The Bertz CT molecular complexity index is 623. The predicted molar refractivity (Wildman–Crippen MR) is 78.8 cm³/mol. The monoisotopic (exact) mass is 292 g/mol. The molecule has 1 N–H and O–H groups in total. The summed E-state index contributed by atoms with van der Waals surface area (Å²) in [5.74, 6) is 0. The molecule has 20 heavy (non-hydrogen) atoms. The van der Waals surface area contributed by atoms with Gasteiger partial charge >= 0.3 is 0 Å². The molecule has 0 saturated carbocycles. The number of hydrogen-bond acceptors (Lipinski definition) is 6. The van der Waals surface area contributed by atoms with E-state index in [1.54, 1.807) is 13.0 Å². The second-order valence-electron chi connectivity index (χ2n) is 4.40. The van der Waals surface area contributed by atoms with Crippen molar-refractivity contribution in [3.8, 4) is 10.6 Å². The zero-order valence-electron chi connectivity index (χ0n) is 11.6. The molecule has 6 nitrogen and oxygen atoms in total. The number of rotatable bonds is 5. The molecule has 2 aromatic rings. The topological polar surface area (TPSA) is 81.0 Å². The van der Waals surface area contributed by atoms with E-state index in [4.69, 9.17) is 0 Å². The zero-order valence-corrected chi connectivity index (χ0v) is 12.4. The van der Waals surface area contributed by atoms with Gasteiger partial charge in [0.25, 0.3) is 5.69 Å². The van der Waals surface area contributed by atoms with Crippen LogP contribution in [0.2, 0.25) is 0 Å². The molecule has 0 spiro atoms. The summed E-state index contributed by atoms with van der Waals surface area (Å²) >= 11 is 1.47. The first-order valence-electron chi connectivity index (χ1n) is 6.33. The Labute approximate surface area is 121 Å². The minimum absolute atomic E-state index is 0.111. The Morgan fingerprint density at radius 2 is 2.20 bits per heavy atom. The van der Waals surface area contributed by atoms with Gasteiger partial charge in [-0.05, 0) is 20.4 Å². The van der Waals surface area contributed by atoms with E-state index in [0.29, 0.717) is 5.56 Å². The molecule has 1 atom stereocenters. The first-order valence-corrected chi connectivity index (χ1v) is 7.15. The summed E-state index contributed by atoms with van der Waals surface area (Å²) in [6.45, 7) is 3.81. The van der Waals surface area contributed by atoms with Crippen molar-refractivity contribution in [1.29, 1.82) is 0 Å². The van der Waals surface area contributed by atoms with Gasteiger partial charge in [0.2, 0.25) is 0 Å². The molecule has 1 unspecified atom stereocenters. The molecule has 0 radical (unpaired) electrons. The lowest BCUT2D eigenvalue weighted by atomic mass is 10.1. The van der Waals surface area contributed by atoms with Gasteiger partial charge in [0.05, 0.1) is 11.0 Å². The van der Waals surface area contributed by atoms with Crippen molar-refractivity contribution in [3.63, 3.8) is 0 Å².